The average Bonchev–Trinajstić information content (AvgIpc) is 2.34. The van der Waals surface area contributed by atoms with Crippen molar-refractivity contribution in [2.75, 3.05) is 12.3 Å². The molecule has 2 aromatic rings. The van der Waals surface area contributed by atoms with Crippen LogP contribution in [0.1, 0.15) is 0 Å². The molecule has 0 unspecified atom stereocenters. The van der Waals surface area contributed by atoms with E-state index in [1.54, 1.807) is 18.3 Å². The molecule has 0 saturated carbocycles. The molecule has 1 aromatic carbocycles. The maximum atomic E-state index is 13.0. The predicted molar refractivity (Wildman–Crippen MR) is 74.7 cm³/mol. The van der Waals surface area contributed by atoms with Gasteiger partial charge in [0.1, 0.15) is 12.4 Å². The standard InChI is InChI=1S/C13H12BrFN2O2/c14-10-7-9(15)8-11(16)13(10)19-6-5-17-4-2-1-3-12(17)18/h1-4,7-8H,5-6,16H2. The number of rotatable bonds is 4. The molecular formula is C13H12BrFN2O2. The van der Waals surface area contributed by atoms with Gasteiger partial charge in [0.25, 0.3) is 5.56 Å². The number of hydrogen-bond donors (Lipinski definition) is 1. The highest BCUT2D eigenvalue weighted by molar-refractivity contribution is 9.10. The number of pyridine rings is 1. The molecule has 1 heterocycles. The molecule has 0 radical (unpaired) electrons. The molecule has 0 bridgehead atoms. The summed E-state index contributed by atoms with van der Waals surface area (Å²) in [6.45, 7) is 0.654. The van der Waals surface area contributed by atoms with Gasteiger partial charge in [0.15, 0.2) is 5.75 Å². The van der Waals surface area contributed by atoms with E-state index in [4.69, 9.17) is 10.5 Å². The molecule has 0 aliphatic heterocycles. The molecule has 0 aliphatic carbocycles. The maximum Gasteiger partial charge on any atom is 0.250 e. The Morgan fingerprint density at radius 1 is 1.37 bits per heavy atom. The molecule has 0 saturated heterocycles. The first-order valence-electron chi connectivity index (χ1n) is 5.60. The summed E-state index contributed by atoms with van der Waals surface area (Å²) in [6, 6.07) is 7.38. The van der Waals surface area contributed by atoms with Gasteiger partial charge in [0, 0.05) is 18.3 Å². The Labute approximate surface area is 117 Å². The van der Waals surface area contributed by atoms with Gasteiger partial charge >= 0.3 is 0 Å². The van der Waals surface area contributed by atoms with Crippen molar-refractivity contribution >= 4 is 21.6 Å². The van der Waals surface area contributed by atoms with Crippen LogP contribution in [0.15, 0.2) is 45.8 Å². The summed E-state index contributed by atoms with van der Waals surface area (Å²) in [5.41, 5.74) is 5.78. The highest BCUT2D eigenvalue weighted by Crippen LogP contribution is 2.32. The van der Waals surface area contributed by atoms with Gasteiger partial charge in [-0.3, -0.25) is 4.79 Å². The Morgan fingerprint density at radius 3 is 2.84 bits per heavy atom. The van der Waals surface area contributed by atoms with Crippen molar-refractivity contribution in [1.82, 2.24) is 4.57 Å². The van der Waals surface area contributed by atoms with Gasteiger partial charge in [-0.1, -0.05) is 6.07 Å². The third kappa shape index (κ3) is 3.35. The first-order chi connectivity index (χ1) is 9.08. The van der Waals surface area contributed by atoms with Crippen LogP contribution in [-0.4, -0.2) is 11.2 Å². The zero-order valence-corrected chi connectivity index (χ0v) is 11.6. The third-order valence-electron chi connectivity index (χ3n) is 2.51. The minimum absolute atomic E-state index is 0.0998. The molecule has 2 rings (SSSR count). The van der Waals surface area contributed by atoms with E-state index in [9.17, 15) is 9.18 Å². The van der Waals surface area contributed by atoms with Crippen LogP contribution in [-0.2, 0) is 6.54 Å². The molecule has 6 heteroatoms. The molecule has 100 valence electrons. The molecule has 1 aromatic heterocycles. The van der Waals surface area contributed by atoms with Crippen molar-refractivity contribution in [2.45, 2.75) is 6.54 Å². The highest BCUT2D eigenvalue weighted by Gasteiger charge is 2.08. The van der Waals surface area contributed by atoms with Gasteiger partial charge in [-0.2, -0.15) is 0 Å². The highest BCUT2D eigenvalue weighted by atomic mass is 79.9. The first kappa shape index (κ1) is 13.6. The maximum absolute atomic E-state index is 13.0. The van der Waals surface area contributed by atoms with Gasteiger partial charge < -0.3 is 15.0 Å². The number of aromatic nitrogens is 1. The van der Waals surface area contributed by atoms with Gasteiger partial charge in [-0.15, -0.1) is 0 Å². The summed E-state index contributed by atoms with van der Waals surface area (Å²) in [4.78, 5) is 11.5. The van der Waals surface area contributed by atoms with E-state index in [0.717, 1.165) is 0 Å². The lowest BCUT2D eigenvalue weighted by atomic mass is 10.3. The number of nitrogens with two attached hydrogens (primary N) is 1. The molecule has 0 atom stereocenters. The smallest absolute Gasteiger partial charge is 0.250 e. The summed E-state index contributed by atoms with van der Waals surface area (Å²) < 4.78 is 20.5. The van der Waals surface area contributed by atoms with Crippen LogP contribution in [0.3, 0.4) is 0 Å². The van der Waals surface area contributed by atoms with Crippen molar-refractivity contribution in [3.63, 3.8) is 0 Å². The molecule has 2 N–H and O–H groups in total. The lowest BCUT2D eigenvalue weighted by molar-refractivity contribution is 0.296. The van der Waals surface area contributed by atoms with E-state index in [0.29, 0.717) is 16.8 Å². The van der Waals surface area contributed by atoms with Crippen LogP contribution in [0.5, 0.6) is 5.75 Å². The topological polar surface area (TPSA) is 57.2 Å². The van der Waals surface area contributed by atoms with Crippen LogP contribution in [0.25, 0.3) is 0 Å². The SMILES string of the molecule is Nc1cc(F)cc(Br)c1OCCn1ccccc1=O. The fourth-order valence-electron chi connectivity index (χ4n) is 1.62. The summed E-state index contributed by atoms with van der Waals surface area (Å²) in [7, 11) is 0. The number of nitrogen functional groups attached to an aromatic ring is 1. The summed E-state index contributed by atoms with van der Waals surface area (Å²) in [5, 5.41) is 0. The van der Waals surface area contributed by atoms with Gasteiger partial charge in [-0.05, 0) is 28.1 Å². The second-order valence-electron chi connectivity index (χ2n) is 3.89. The van der Waals surface area contributed by atoms with Crippen LogP contribution < -0.4 is 16.0 Å². The Balaban J connectivity index is 2.04. The van der Waals surface area contributed by atoms with Gasteiger partial charge in [0.05, 0.1) is 16.7 Å². The van der Waals surface area contributed by atoms with Crippen molar-refractivity contribution in [3.8, 4) is 5.75 Å². The monoisotopic (exact) mass is 326 g/mol. The number of nitrogens with zero attached hydrogens (tertiary/aromatic N) is 1. The Morgan fingerprint density at radius 2 is 2.16 bits per heavy atom. The third-order valence-corrected chi connectivity index (χ3v) is 3.10. The summed E-state index contributed by atoms with van der Waals surface area (Å²) in [6.07, 6.45) is 1.68. The molecule has 0 spiro atoms. The zero-order valence-electron chi connectivity index (χ0n) is 9.98. The van der Waals surface area contributed by atoms with Crippen molar-refractivity contribution in [1.29, 1.82) is 0 Å². The van der Waals surface area contributed by atoms with Crippen molar-refractivity contribution < 1.29 is 9.13 Å². The van der Waals surface area contributed by atoms with E-state index in [2.05, 4.69) is 15.9 Å². The van der Waals surface area contributed by atoms with Crippen LogP contribution in [0.2, 0.25) is 0 Å². The fraction of sp³-hybridized carbons (Fsp3) is 0.154. The van der Waals surface area contributed by atoms with Crippen LogP contribution >= 0.6 is 15.9 Å². The van der Waals surface area contributed by atoms with Crippen molar-refractivity contribution in [3.05, 3.63) is 57.2 Å². The minimum Gasteiger partial charge on any atom is -0.488 e. The normalized spacial score (nSPS) is 10.4. The zero-order chi connectivity index (χ0) is 13.8. The fourth-order valence-corrected chi connectivity index (χ4v) is 2.19. The lowest BCUT2D eigenvalue weighted by Crippen LogP contribution is -2.21. The second kappa shape index (κ2) is 5.88. The van der Waals surface area contributed by atoms with Crippen LogP contribution in [0.4, 0.5) is 10.1 Å². The van der Waals surface area contributed by atoms with Gasteiger partial charge in [0.2, 0.25) is 0 Å². The number of ether oxygens (including phenoxy) is 1. The number of hydrogen-bond acceptors (Lipinski definition) is 3. The Kier molecular flexibility index (Phi) is 4.21. The van der Waals surface area contributed by atoms with E-state index in [1.807, 2.05) is 0 Å². The molecule has 0 fully saturated rings. The minimum atomic E-state index is -0.434. The molecular weight excluding hydrogens is 315 g/mol. The Bertz CT molecular complexity index is 620. The lowest BCUT2D eigenvalue weighted by Gasteiger charge is -2.11. The van der Waals surface area contributed by atoms with E-state index < -0.39 is 5.82 Å². The average molecular weight is 327 g/mol. The number of anilines is 1. The van der Waals surface area contributed by atoms with Crippen LogP contribution in [0, 0.1) is 5.82 Å². The molecule has 19 heavy (non-hydrogen) atoms. The van der Waals surface area contributed by atoms with Gasteiger partial charge in [-0.25, -0.2) is 4.39 Å². The summed E-state index contributed by atoms with van der Waals surface area (Å²) in [5.74, 6) is -0.0543. The second-order valence-corrected chi connectivity index (χ2v) is 4.74. The molecule has 4 nitrogen and oxygen atoms in total. The Hall–Kier alpha value is -1.82. The molecule has 0 amide bonds. The predicted octanol–water partition coefficient (Wildman–Crippen LogP) is 2.41. The molecule has 0 aliphatic rings. The van der Waals surface area contributed by atoms with E-state index in [1.165, 1.54) is 22.8 Å². The largest absolute Gasteiger partial charge is 0.488 e. The quantitative estimate of drug-likeness (QED) is 0.878. The van der Waals surface area contributed by atoms with E-state index in [-0.39, 0.29) is 17.9 Å². The summed E-state index contributed by atoms with van der Waals surface area (Å²) >= 11 is 3.19. The van der Waals surface area contributed by atoms with E-state index >= 15 is 0 Å². The first-order valence-corrected chi connectivity index (χ1v) is 6.40. The number of benzene rings is 1. The van der Waals surface area contributed by atoms with Crippen molar-refractivity contribution in [2.24, 2.45) is 0 Å². The number of halogens is 2.